The minimum atomic E-state index is -4.61. The number of allylic oxidation sites excluding steroid dienone is 1. The monoisotopic (exact) mass is 1310 g/mol. The molecule has 1 atom stereocenters. The second kappa shape index (κ2) is 28.8. The average Bonchev–Trinajstić information content (AvgIpc) is 1.42. The van der Waals surface area contributed by atoms with Crippen molar-refractivity contribution in [1.29, 1.82) is 0 Å². The van der Waals surface area contributed by atoms with Gasteiger partial charge in [-0.15, -0.1) is 0 Å². The number of aromatic amines is 1. The largest absolute Gasteiger partial charge is 0.493 e. The van der Waals surface area contributed by atoms with Crippen LogP contribution >= 0.6 is 11.6 Å². The molecule has 6 aromatic rings. The fourth-order valence-corrected chi connectivity index (χ4v) is 15.5. The first-order valence-corrected chi connectivity index (χ1v) is 34.9. The molecule has 0 bridgehead atoms. The number of nitrogens with zero attached hydrogens (tertiary/aromatic N) is 7. The van der Waals surface area contributed by atoms with Crippen LogP contribution in [0.15, 0.2) is 114 Å². The number of hydrogen-bond donors (Lipinski definition) is 4. The van der Waals surface area contributed by atoms with E-state index in [2.05, 4.69) is 70.9 Å². The molecule has 0 spiro atoms. The molecular weight excluding hydrogens is 1220 g/mol. The van der Waals surface area contributed by atoms with E-state index in [0.29, 0.717) is 73.9 Å². The van der Waals surface area contributed by atoms with Crippen molar-refractivity contribution in [3.05, 3.63) is 146 Å². The van der Waals surface area contributed by atoms with Gasteiger partial charge in [0.25, 0.3) is 27.5 Å². The van der Waals surface area contributed by atoms with Gasteiger partial charge >= 0.3 is 0 Å². The Bertz CT molecular complexity index is 3890. The highest BCUT2D eigenvalue weighted by Crippen LogP contribution is 2.44. The number of fused-ring (bicyclic) bond motifs is 2. The van der Waals surface area contributed by atoms with Crippen LogP contribution < -0.4 is 29.7 Å². The minimum absolute atomic E-state index is 0.0414. The van der Waals surface area contributed by atoms with Gasteiger partial charge in [0.15, 0.2) is 0 Å². The average molecular weight is 1310 g/mol. The van der Waals surface area contributed by atoms with E-state index in [1.165, 1.54) is 35.0 Å². The summed E-state index contributed by atoms with van der Waals surface area (Å²) in [6, 6.07) is 25.9. The van der Waals surface area contributed by atoms with E-state index in [0.717, 1.165) is 157 Å². The summed E-state index contributed by atoms with van der Waals surface area (Å²) >= 11 is 6.28. The second-order valence-corrected chi connectivity index (χ2v) is 28.8. The molecule has 23 heteroatoms. The Morgan fingerprint density at radius 2 is 1.59 bits per heavy atom. The van der Waals surface area contributed by atoms with Crippen LogP contribution in [0.2, 0.25) is 5.02 Å². The number of aromatic nitrogens is 2. The van der Waals surface area contributed by atoms with Crippen molar-refractivity contribution < 1.29 is 42.0 Å². The maximum atomic E-state index is 14.2. The van der Waals surface area contributed by atoms with E-state index >= 15 is 0 Å². The number of unbranched alkanes of at least 4 members (excludes halogenated alkanes) is 4. The number of benzene rings is 4. The van der Waals surface area contributed by atoms with Crippen LogP contribution in [0.25, 0.3) is 16.6 Å². The third kappa shape index (κ3) is 15.7. The lowest BCUT2D eigenvalue weighted by Gasteiger charge is -2.42. The van der Waals surface area contributed by atoms with Gasteiger partial charge in [0.1, 0.15) is 34.6 Å². The molecule has 3 saturated heterocycles. The number of amides is 4. The molecule has 4 N–H and O–H groups in total. The quantitative estimate of drug-likeness (QED) is 0.0190. The van der Waals surface area contributed by atoms with Crippen LogP contribution in [0.5, 0.6) is 17.2 Å². The Labute approximate surface area is 548 Å². The highest BCUT2D eigenvalue weighted by atomic mass is 35.5. The van der Waals surface area contributed by atoms with Gasteiger partial charge in [-0.1, -0.05) is 68.5 Å². The number of imide groups is 1. The van der Waals surface area contributed by atoms with Gasteiger partial charge in [0.05, 0.1) is 34.7 Å². The van der Waals surface area contributed by atoms with Crippen LogP contribution in [0.4, 0.5) is 17.1 Å². The van der Waals surface area contributed by atoms with E-state index in [4.69, 9.17) is 21.1 Å². The molecule has 21 nitrogen and oxygen atoms in total. The topological polar surface area (TPSA) is 245 Å². The van der Waals surface area contributed by atoms with E-state index in [1.54, 1.807) is 41.4 Å². The number of hydrogen-bond acceptors (Lipinski definition) is 16. The number of carbonyl (C=O) groups excluding carboxylic acids is 4. The first kappa shape index (κ1) is 65.2. The number of halogens is 1. The van der Waals surface area contributed by atoms with Gasteiger partial charge < -0.3 is 34.5 Å². The molecule has 6 aliphatic rings. The van der Waals surface area contributed by atoms with Gasteiger partial charge in [-0.05, 0) is 154 Å². The third-order valence-corrected chi connectivity index (χ3v) is 21.4. The van der Waals surface area contributed by atoms with Gasteiger partial charge in [0.2, 0.25) is 11.8 Å². The van der Waals surface area contributed by atoms with Crippen molar-refractivity contribution >= 4 is 78.9 Å². The smallest absolute Gasteiger partial charge is 0.293 e. The second-order valence-electron chi connectivity index (χ2n) is 26.7. The zero-order valence-corrected chi connectivity index (χ0v) is 54.7. The number of nitro groups is 1. The van der Waals surface area contributed by atoms with Crippen LogP contribution in [0, 0.1) is 21.4 Å². The fraction of sp³-hybridized carbons (Fsp3) is 0.471. The number of piperazine rings is 2. The molecule has 0 radical (unpaired) electrons. The zero-order valence-electron chi connectivity index (χ0n) is 53.1. The molecule has 2 aromatic heterocycles. The highest BCUT2D eigenvalue weighted by molar-refractivity contribution is 7.90. The number of piperidine rings is 1. The normalized spacial score (nSPS) is 20.8. The molecule has 2 aliphatic carbocycles. The van der Waals surface area contributed by atoms with E-state index in [-0.39, 0.29) is 40.7 Å². The van der Waals surface area contributed by atoms with E-state index < -0.39 is 43.4 Å². The summed E-state index contributed by atoms with van der Waals surface area (Å²) in [6.07, 6.45) is 16.4. The summed E-state index contributed by atoms with van der Waals surface area (Å²) in [5, 5.41) is 19.7. The maximum absolute atomic E-state index is 14.2. The molecule has 4 fully saturated rings. The standard InChI is InChI=1S/C70H84ClN11O10S/c1-70(2)27-25-50(58(42-70)48-13-15-51(71)16-14-48)45-78-32-36-80(37-33-78)53-19-21-57(64(40-53)92-54-39-49-26-28-72-66(49)74-44-54)67(84)76-93(89,90)55-20-22-60(62(41-55)82(87)88)73-43-47-11-17-52(18-12-47)79-34-30-77(31-35-79)29-6-4-3-5-7-38-91-63-10-8-9-56-59(63)46-81(69(56)86)61-23-24-65(83)75-68(61)85/h8-10,13-16,19-22,26,28,39-41,44,47,52,61,73H,3-7,11-12,17-18,23-25,27,29-38,42-43,45-46H2,1-2H3,(H,72,74)(H,76,84)(H,75,83,85)/t47-,52-,61?. The Morgan fingerprint density at radius 3 is 2.37 bits per heavy atom. The molecule has 4 amide bonds. The molecule has 4 aliphatic heterocycles. The summed E-state index contributed by atoms with van der Waals surface area (Å²) in [7, 11) is -4.61. The number of carbonyl (C=O) groups is 4. The van der Waals surface area contributed by atoms with Gasteiger partial charge in [-0.25, -0.2) is 18.1 Å². The summed E-state index contributed by atoms with van der Waals surface area (Å²) in [5.41, 5.74) is 6.88. The van der Waals surface area contributed by atoms with Crippen molar-refractivity contribution in [2.45, 2.75) is 127 Å². The number of nitro benzene ring substituents is 1. The maximum Gasteiger partial charge on any atom is 0.293 e. The summed E-state index contributed by atoms with van der Waals surface area (Å²) in [5.74, 6) is -0.450. The van der Waals surface area contributed by atoms with Gasteiger partial charge in [-0.2, -0.15) is 0 Å². The number of H-pyrrole nitrogens is 1. The van der Waals surface area contributed by atoms with Crippen molar-refractivity contribution in [2.24, 2.45) is 11.3 Å². The predicted octanol–water partition coefficient (Wildman–Crippen LogP) is 11.2. The third-order valence-electron chi connectivity index (χ3n) is 19.8. The number of pyridine rings is 1. The molecule has 12 rings (SSSR count). The number of anilines is 2. The minimum Gasteiger partial charge on any atom is -0.493 e. The molecule has 1 saturated carbocycles. The Morgan fingerprint density at radius 1 is 0.828 bits per heavy atom. The first-order chi connectivity index (χ1) is 44.9. The lowest BCUT2D eigenvalue weighted by Crippen LogP contribution is -2.52. The van der Waals surface area contributed by atoms with E-state index in [1.807, 2.05) is 30.3 Å². The summed E-state index contributed by atoms with van der Waals surface area (Å²) < 4.78 is 42.8. The summed E-state index contributed by atoms with van der Waals surface area (Å²) in [4.78, 5) is 82.1. The Balaban J connectivity index is 0.585. The van der Waals surface area contributed by atoms with Crippen LogP contribution in [-0.2, 0) is 26.2 Å². The van der Waals surface area contributed by atoms with Gasteiger partial charge in [0, 0.05) is 123 Å². The number of rotatable bonds is 24. The van der Waals surface area contributed by atoms with Crippen molar-refractivity contribution in [3.8, 4) is 17.2 Å². The van der Waals surface area contributed by atoms with Crippen LogP contribution in [0.3, 0.4) is 0 Å². The molecule has 93 heavy (non-hydrogen) atoms. The first-order valence-electron chi connectivity index (χ1n) is 33.0. The molecular formula is C70H84ClN11O10S. The van der Waals surface area contributed by atoms with Crippen LogP contribution in [-0.4, -0.2) is 157 Å². The molecule has 1 unspecified atom stereocenters. The molecule has 492 valence electrons. The Hall–Kier alpha value is -7.89. The SMILES string of the molecule is CC1(C)CCC(CN2CCN(c3ccc(C(=O)NS(=O)(=O)c4ccc(NC[C@H]5CC[C@H](N6CCN(CCCCCCCOc7cccc8c7CN(C7CCC(=O)NC7=O)C8=O)CC6)CC5)c([N+](=O)[O-])c4)c(Oc4cnc5[nH]ccc5c4)c3)CC2)=C(c2ccc(Cl)cc2)C1. The van der Waals surface area contributed by atoms with Crippen molar-refractivity contribution in [2.75, 3.05) is 88.8 Å². The Kier molecular flexibility index (Phi) is 20.2. The lowest BCUT2D eigenvalue weighted by atomic mass is 9.72. The molecule has 4 aromatic carbocycles. The number of sulfonamides is 1. The van der Waals surface area contributed by atoms with Gasteiger partial charge in [-0.3, -0.25) is 44.4 Å². The van der Waals surface area contributed by atoms with E-state index in [9.17, 15) is 37.7 Å². The van der Waals surface area contributed by atoms with Crippen molar-refractivity contribution in [3.63, 3.8) is 0 Å². The number of ether oxygens (including phenoxy) is 2. The van der Waals surface area contributed by atoms with Crippen molar-refractivity contribution in [1.82, 2.24) is 39.6 Å². The molecule has 6 heterocycles. The zero-order chi connectivity index (χ0) is 64.8. The predicted molar refractivity (Wildman–Crippen MR) is 358 cm³/mol. The lowest BCUT2D eigenvalue weighted by molar-refractivity contribution is -0.384. The van der Waals surface area contributed by atoms with Crippen LogP contribution in [0.1, 0.15) is 136 Å². The fourth-order valence-electron chi connectivity index (χ4n) is 14.4. The number of nitrogens with one attached hydrogen (secondary N) is 4. The highest BCUT2D eigenvalue weighted by Gasteiger charge is 2.41. The summed E-state index contributed by atoms with van der Waals surface area (Å²) in [6.45, 7) is 15.2.